The topological polar surface area (TPSA) is 41.1 Å². The maximum atomic E-state index is 12.0. The van der Waals surface area contributed by atoms with Gasteiger partial charge in [-0.15, -0.1) is 0 Å². The molecule has 0 aliphatic heterocycles. The van der Waals surface area contributed by atoms with E-state index >= 15 is 0 Å². The second-order valence-electron chi connectivity index (χ2n) is 4.70. The SMILES string of the molecule is CC(C)Nc1ccc(NC(=O)c2ccccc2)cc1. The first-order valence-corrected chi connectivity index (χ1v) is 6.38. The van der Waals surface area contributed by atoms with Crippen molar-refractivity contribution in [2.75, 3.05) is 10.6 Å². The summed E-state index contributed by atoms with van der Waals surface area (Å²) in [5.74, 6) is -0.0924. The first-order valence-electron chi connectivity index (χ1n) is 6.38. The molecule has 0 aliphatic carbocycles. The lowest BCUT2D eigenvalue weighted by atomic mass is 10.2. The molecule has 0 fully saturated rings. The molecule has 98 valence electrons. The van der Waals surface area contributed by atoms with Crippen LogP contribution in [0.3, 0.4) is 0 Å². The van der Waals surface area contributed by atoms with Gasteiger partial charge in [0.25, 0.3) is 5.91 Å². The highest BCUT2D eigenvalue weighted by atomic mass is 16.1. The number of benzene rings is 2. The van der Waals surface area contributed by atoms with Crippen LogP contribution in [0, 0.1) is 0 Å². The number of amides is 1. The van der Waals surface area contributed by atoms with Gasteiger partial charge in [-0.3, -0.25) is 4.79 Å². The lowest BCUT2D eigenvalue weighted by Crippen LogP contribution is -2.12. The lowest BCUT2D eigenvalue weighted by Gasteiger charge is -2.11. The largest absolute Gasteiger partial charge is 0.383 e. The van der Waals surface area contributed by atoms with Crippen molar-refractivity contribution >= 4 is 17.3 Å². The highest BCUT2D eigenvalue weighted by molar-refractivity contribution is 6.04. The first-order chi connectivity index (χ1) is 9.15. The van der Waals surface area contributed by atoms with Crippen LogP contribution in [0.4, 0.5) is 11.4 Å². The van der Waals surface area contributed by atoms with E-state index in [-0.39, 0.29) is 5.91 Å². The molecule has 0 unspecified atom stereocenters. The van der Waals surface area contributed by atoms with Gasteiger partial charge < -0.3 is 10.6 Å². The molecule has 0 atom stereocenters. The summed E-state index contributed by atoms with van der Waals surface area (Å²) in [5.41, 5.74) is 2.50. The summed E-state index contributed by atoms with van der Waals surface area (Å²) in [6, 6.07) is 17.3. The number of hydrogen-bond donors (Lipinski definition) is 2. The van der Waals surface area contributed by atoms with Gasteiger partial charge >= 0.3 is 0 Å². The van der Waals surface area contributed by atoms with E-state index in [2.05, 4.69) is 24.5 Å². The van der Waals surface area contributed by atoms with Gasteiger partial charge in [0.05, 0.1) is 0 Å². The van der Waals surface area contributed by atoms with Crippen molar-refractivity contribution in [1.82, 2.24) is 0 Å². The Kier molecular flexibility index (Phi) is 4.18. The normalized spacial score (nSPS) is 10.3. The Morgan fingerprint density at radius 3 is 2.05 bits per heavy atom. The molecule has 2 N–H and O–H groups in total. The minimum atomic E-state index is -0.0924. The Bertz CT molecular complexity index is 532. The van der Waals surface area contributed by atoms with Crippen molar-refractivity contribution in [2.45, 2.75) is 19.9 Å². The van der Waals surface area contributed by atoms with Crippen molar-refractivity contribution in [3.8, 4) is 0 Å². The molecule has 3 heteroatoms. The number of carbonyl (C=O) groups is 1. The first kappa shape index (κ1) is 13.1. The molecule has 0 aromatic heterocycles. The molecular formula is C16H18N2O. The van der Waals surface area contributed by atoms with E-state index in [4.69, 9.17) is 0 Å². The molecule has 0 saturated heterocycles. The van der Waals surface area contributed by atoms with Crippen LogP contribution in [-0.4, -0.2) is 11.9 Å². The maximum Gasteiger partial charge on any atom is 0.255 e. The highest BCUT2D eigenvalue weighted by Gasteiger charge is 2.04. The van der Waals surface area contributed by atoms with Gasteiger partial charge in [0.1, 0.15) is 0 Å². The van der Waals surface area contributed by atoms with E-state index in [0.29, 0.717) is 11.6 Å². The lowest BCUT2D eigenvalue weighted by molar-refractivity contribution is 0.102. The van der Waals surface area contributed by atoms with Crippen molar-refractivity contribution in [3.63, 3.8) is 0 Å². The fourth-order valence-corrected chi connectivity index (χ4v) is 1.78. The van der Waals surface area contributed by atoms with Gasteiger partial charge in [-0.25, -0.2) is 0 Å². The minimum absolute atomic E-state index is 0.0924. The Balaban J connectivity index is 2.02. The number of nitrogens with one attached hydrogen (secondary N) is 2. The van der Waals surface area contributed by atoms with E-state index in [0.717, 1.165) is 11.4 Å². The van der Waals surface area contributed by atoms with Crippen LogP contribution in [-0.2, 0) is 0 Å². The summed E-state index contributed by atoms with van der Waals surface area (Å²) in [6.45, 7) is 4.18. The van der Waals surface area contributed by atoms with Crippen molar-refractivity contribution < 1.29 is 4.79 Å². The Hall–Kier alpha value is -2.29. The smallest absolute Gasteiger partial charge is 0.255 e. The molecule has 0 radical (unpaired) electrons. The number of carbonyl (C=O) groups excluding carboxylic acids is 1. The second kappa shape index (κ2) is 6.05. The summed E-state index contributed by atoms with van der Waals surface area (Å²) in [4.78, 5) is 12.0. The van der Waals surface area contributed by atoms with Crippen LogP contribution in [0.1, 0.15) is 24.2 Å². The van der Waals surface area contributed by atoms with E-state index in [1.807, 2.05) is 42.5 Å². The monoisotopic (exact) mass is 254 g/mol. The average molecular weight is 254 g/mol. The van der Waals surface area contributed by atoms with Gasteiger partial charge in [-0.2, -0.15) is 0 Å². The van der Waals surface area contributed by atoms with Gasteiger partial charge in [-0.1, -0.05) is 18.2 Å². The van der Waals surface area contributed by atoms with Crippen LogP contribution in [0.25, 0.3) is 0 Å². The molecule has 0 saturated carbocycles. The van der Waals surface area contributed by atoms with Crippen molar-refractivity contribution in [3.05, 3.63) is 60.2 Å². The van der Waals surface area contributed by atoms with E-state index < -0.39 is 0 Å². The Morgan fingerprint density at radius 2 is 1.47 bits per heavy atom. The van der Waals surface area contributed by atoms with E-state index in [1.165, 1.54) is 0 Å². The van der Waals surface area contributed by atoms with Gasteiger partial charge in [0.2, 0.25) is 0 Å². The molecule has 3 nitrogen and oxygen atoms in total. The standard InChI is InChI=1S/C16H18N2O/c1-12(2)17-14-8-10-15(11-9-14)18-16(19)13-6-4-3-5-7-13/h3-12,17H,1-2H3,(H,18,19). The van der Waals surface area contributed by atoms with Crippen LogP contribution in [0.5, 0.6) is 0 Å². The second-order valence-corrected chi connectivity index (χ2v) is 4.70. The fourth-order valence-electron chi connectivity index (χ4n) is 1.78. The summed E-state index contributed by atoms with van der Waals surface area (Å²) in [5, 5.41) is 6.18. The molecule has 19 heavy (non-hydrogen) atoms. The summed E-state index contributed by atoms with van der Waals surface area (Å²) in [6.07, 6.45) is 0. The molecule has 2 aromatic rings. The van der Waals surface area contributed by atoms with Crippen molar-refractivity contribution in [1.29, 1.82) is 0 Å². The Morgan fingerprint density at radius 1 is 0.895 bits per heavy atom. The summed E-state index contributed by atoms with van der Waals surface area (Å²) >= 11 is 0. The van der Waals surface area contributed by atoms with Crippen LogP contribution < -0.4 is 10.6 Å². The zero-order chi connectivity index (χ0) is 13.7. The highest BCUT2D eigenvalue weighted by Crippen LogP contribution is 2.15. The van der Waals surface area contributed by atoms with Crippen LogP contribution in [0.2, 0.25) is 0 Å². The fraction of sp³-hybridized carbons (Fsp3) is 0.188. The zero-order valence-electron chi connectivity index (χ0n) is 11.2. The maximum absolute atomic E-state index is 12.0. The molecule has 0 heterocycles. The quantitative estimate of drug-likeness (QED) is 0.872. The minimum Gasteiger partial charge on any atom is -0.383 e. The predicted octanol–water partition coefficient (Wildman–Crippen LogP) is 3.76. The Labute approximate surface area is 113 Å². The molecule has 0 aliphatic rings. The number of hydrogen-bond acceptors (Lipinski definition) is 2. The molecule has 0 spiro atoms. The van der Waals surface area contributed by atoms with Crippen LogP contribution >= 0.6 is 0 Å². The van der Waals surface area contributed by atoms with Gasteiger partial charge in [0, 0.05) is 23.0 Å². The van der Waals surface area contributed by atoms with E-state index in [1.54, 1.807) is 12.1 Å². The number of rotatable bonds is 4. The molecule has 2 rings (SSSR count). The third kappa shape index (κ3) is 3.85. The predicted molar refractivity (Wildman–Crippen MR) is 79.6 cm³/mol. The van der Waals surface area contributed by atoms with Gasteiger partial charge in [0.15, 0.2) is 0 Å². The van der Waals surface area contributed by atoms with Crippen molar-refractivity contribution in [2.24, 2.45) is 0 Å². The third-order valence-electron chi connectivity index (χ3n) is 2.63. The summed E-state index contributed by atoms with van der Waals surface area (Å²) in [7, 11) is 0. The molecule has 1 amide bonds. The number of anilines is 2. The molecular weight excluding hydrogens is 236 g/mol. The molecule has 2 aromatic carbocycles. The zero-order valence-corrected chi connectivity index (χ0v) is 11.2. The van der Waals surface area contributed by atoms with Crippen LogP contribution in [0.15, 0.2) is 54.6 Å². The average Bonchev–Trinajstić information content (AvgIpc) is 2.41. The molecule has 0 bridgehead atoms. The van der Waals surface area contributed by atoms with E-state index in [9.17, 15) is 4.79 Å². The summed E-state index contributed by atoms with van der Waals surface area (Å²) < 4.78 is 0. The van der Waals surface area contributed by atoms with Gasteiger partial charge in [-0.05, 0) is 50.2 Å². The third-order valence-corrected chi connectivity index (χ3v) is 2.63.